The summed E-state index contributed by atoms with van der Waals surface area (Å²) in [6, 6.07) is 4.09. The maximum atomic E-state index is 12.7. The number of aromatic hydroxyl groups is 1. The van der Waals surface area contributed by atoms with Gasteiger partial charge in [-0.25, -0.2) is 4.79 Å². The molecular formula is C21H32ClN3O4. The normalized spacial score (nSPS) is 25.3. The van der Waals surface area contributed by atoms with Crippen molar-refractivity contribution in [1.29, 1.82) is 0 Å². The average Bonchev–Trinajstić information content (AvgIpc) is 2.76. The third-order valence-corrected chi connectivity index (χ3v) is 6.44. The molecule has 162 valence electrons. The van der Waals surface area contributed by atoms with Crippen LogP contribution in [-0.4, -0.2) is 73.0 Å². The number of urea groups is 1. The van der Waals surface area contributed by atoms with Crippen LogP contribution in [-0.2, 0) is 15.9 Å². The zero-order chi connectivity index (χ0) is 19.7. The molecule has 0 aromatic heterocycles. The van der Waals surface area contributed by atoms with Crippen LogP contribution in [0.1, 0.15) is 35.6 Å². The van der Waals surface area contributed by atoms with Crippen molar-refractivity contribution in [1.82, 2.24) is 9.80 Å². The summed E-state index contributed by atoms with van der Waals surface area (Å²) in [5, 5.41) is 10.6. The number of ether oxygens (including phenoxy) is 2. The lowest BCUT2D eigenvalue weighted by atomic mass is 9.83. The van der Waals surface area contributed by atoms with E-state index in [4.69, 9.17) is 15.2 Å². The lowest BCUT2D eigenvalue weighted by Crippen LogP contribution is -2.51. The number of piperidine rings is 1. The number of rotatable bonds is 2. The van der Waals surface area contributed by atoms with Crippen molar-refractivity contribution in [3.05, 3.63) is 28.8 Å². The van der Waals surface area contributed by atoms with Gasteiger partial charge in [-0.15, -0.1) is 12.4 Å². The third-order valence-electron chi connectivity index (χ3n) is 6.44. The Balaban J connectivity index is 0.00000240. The number of halogens is 1. The number of aryl methyl sites for hydroxylation is 1. The van der Waals surface area contributed by atoms with Crippen LogP contribution in [0.4, 0.5) is 4.79 Å². The van der Waals surface area contributed by atoms with Gasteiger partial charge in [-0.05, 0) is 36.8 Å². The maximum absolute atomic E-state index is 12.7. The predicted molar refractivity (Wildman–Crippen MR) is 113 cm³/mol. The van der Waals surface area contributed by atoms with Crippen molar-refractivity contribution < 1.29 is 19.4 Å². The van der Waals surface area contributed by atoms with E-state index in [0.29, 0.717) is 50.9 Å². The maximum Gasteiger partial charge on any atom is 0.320 e. The van der Waals surface area contributed by atoms with Crippen LogP contribution in [0.15, 0.2) is 12.1 Å². The van der Waals surface area contributed by atoms with Crippen molar-refractivity contribution in [3.63, 3.8) is 0 Å². The number of amides is 2. The topological polar surface area (TPSA) is 88.3 Å². The van der Waals surface area contributed by atoms with Crippen LogP contribution in [0.5, 0.6) is 5.75 Å². The molecule has 8 heteroatoms. The molecule has 2 fully saturated rings. The van der Waals surface area contributed by atoms with E-state index in [-0.39, 0.29) is 30.6 Å². The number of benzene rings is 1. The van der Waals surface area contributed by atoms with E-state index in [2.05, 4.69) is 0 Å². The van der Waals surface area contributed by atoms with Gasteiger partial charge in [-0.3, -0.25) is 0 Å². The summed E-state index contributed by atoms with van der Waals surface area (Å²) in [5.74, 6) is 0.750. The van der Waals surface area contributed by atoms with Crippen LogP contribution in [0.3, 0.4) is 0 Å². The number of likely N-dealkylation sites (tertiary alicyclic amines) is 1. The Morgan fingerprint density at radius 2 is 1.83 bits per heavy atom. The number of phenolic OH excluding ortho intramolecular Hbond substituents is 1. The Hall–Kier alpha value is -1.54. The van der Waals surface area contributed by atoms with E-state index < -0.39 is 0 Å². The molecule has 3 aliphatic rings. The number of fused-ring (bicyclic) bond motifs is 1. The van der Waals surface area contributed by atoms with Crippen molar-refractivity contribution in [3.8, 4) is 5.75 Å². The van der Waals surface area contributed by atoms with Gasteiger partial charge in [0, 0.05) is 44.7 Å². The minimum atomic E-state index is -0.173. The molecule has 2 atom stereocenters. The Bertz CT molecular complexity index is 718. The van der Waals surface area contributed by atoms with Gasteiger partial charge < -0.3 is 30.1 Å². The molecule has 4 rings (SSSR count). The molecular weight excluding hydrogens is 394 g/mol. The van der Waals surface area contributed by atoms with Crippen molar-refractivity contribution in [2.24, 2.45) is 11.7 Å². The number of carbonyl (C=O) groups is 1. The van der Waals surface area contributed by atoms with Crippen LogP contribution in [0.25, 0.3) is 0 Å². The number of nitrogens with two attached hydrogens (primary N) is 1. The molecule has 0 aliphatic carbocycles. The smallest absolute Gasteiger partial charge is 0.320 e. The molecule has 3 aliphatic heterocycles. The van der Waals surface area contributed by atoms with E-state index in [9.17, 15) is 9.90 Å². The average molecular weight is 426 g/mol. The summed E-state index contributed by atoms with van der Waals surface area (Å²) in [7, 11) is 0. The largest absolute Gasteiger partial charge is 0.507 e. The van der Waals surface area contributed by atoms with Gasteiger partial charge in [-0.1, -0.05) is 12.1 Å². The number of hydrogen-bond acceptors (Lipinski definition) is 5. The van der Waals surface area contributed by atoms with E-state index in [0.717, 1.165) is 42.6 Å². The lowest BCUT2D eigenvalue weighted by molar-refractivity contribution is -0.0635. The fraction of sp³-hybridized carbons (Fsp3) is 0.667. The van der Waals surface area contributed by atoms with Gasteiger partial charge in [0.15, 0.2) is 0 Å². The summed E-state index contributed by atoms with van der Waals surface area (Å²) < 4.78 is 11.7. The molecule has 2 saturated heterocycles. The summed E-state index contributed by atoms with van der Waals surface area (Å²) in [4.78, 5) is 16.5. The zero-order valence-corrected chi connectivity index (χ0v) is 17.8. The highest BCUT2D eigenvalue weighted by molar-refractivity contribution is 5.85. The fourth-order valence-corrected chi connectivity index (χ4v) is 4.70. The minimum absolute atomic E-state index is 0. The first kappa shape index (κ1) is 22.2. The Kier molecular flexibility index (Phi) is 7.27. The molecule has 3 heterocycles. The van der Waals surface area contributed by atoms with Gasteiger partial charge in [0.2, 0.25) is 0 Å². The van der Waals surface area contributed by atoms with E-state index >= 15 is 0 Å². The van der Waals surface area contributed by atoms with Gasteiger partial charge in [0.1, 0.15) is 5.75 Å². The summed E-state index contributed by atoms with van der Waals surface area (Å²) in [6.07, 6.45) is 2.41. The lowest BCUT2D eigenvalue weighted by Gasteiger charge is -2.41. The van der Waals surface area contributed by atoms with E-state index in [1.807, 2.05) is 28.9 Å². The van der Waals surface area contributed by atoms with Crippen LogP contribution in [0, 0.1) is 12.8 Å². The second-order valence-corrected chi connectivity index (χ2v) is 8.11. The quantitative estimate of drug-likeness (QED) is 0.758. The molecule has 3 N–H and O–H groups in total. The molecule has 0 unspecified atom stereocenters. The minimum Gasteiger partial charge on any atom is -0.507 e. The first-order valence-corrected chi connectivity index (χ1v) is 10.4. The molecule has 29 heavy (non-hydrogen) atoms. The highest BCUT2D eigenvalue weighted by Gasteiger charge is 2.36. The molecule has 7 nitrogen and oxygen atoms in total. The molecule has 0 spiro atoms. The Morgan fingerprint density at radius 1 is 1.17 bits per heavy atom. The molecule has 1 aromatic carbocycles. The fourth-order valence-electron chi connectivity index (χ4n) is 4.70. The van der Waals surface area contributed by atoms with E-state index in [1.165, 1.54) is 0 Å². The second-order valence-electron chi connectivity index (χ2n) is 8.11. The van der Waals surface area contributed by atoms with Gasteiger partial charge >= 0.3 is 6.03 Å². The van der Waals surface area contributed by atoms with Crippen molar-refractivity contribution in [2.75, 3.05) is 45.9 Å². The number of phenols is 1. The Morgan fingerprint density at radius 3 is 2.48 bits per heavy atom. The molecule has 2 amide bonds. The molecule has 1 aromatic rings. The van der Waals surface area contributed by atoms with Crippen LogP contribution in [0.2, 0.25) is 0 Å². The van der Waals surface area contributed by atoms with Crippen LogP contribution >= 0.6 is 12.4 Å². The van der Waals surface area contributed by atoms with Gasteiger partial charge in [0.25, 0.3) is 0 Å². The van der Waals surface area contributed by atoms with Crippen molar-refractivity contribution >= 4 is 18.4 Å². The first-order chi connectivity index (χ1) is 13.6. The molecule has 0 saturated carbocycles. The Labute approximate surface area is 178 Å². The van der Waals surface area contributed by atoms with Crippen molar-refractivity contribution in [2.45, 2.75) is 38.4 Å². The predicted octanol–water partition coefficient (Wildman–Crippen LogP) is 2.23. The van der Waals surface area contributed by atoms with Gasteiger partial charge in [0.05, 0.1) is 25.4 Å². The monoisotopic (exact) mass is 425 g/mol. The third kappa shape index (κ3) is 4.48. The highest BCUT2D eigenvalue weighted by Crippen LogP contribution is 2.40. The SMILES string of the molecule is Cc1ccc2c(c1O)C[C@@H](C1CCN(C(=O)N3CCOCC3)CC1)O[C@H]2CN.Cl. The number of hydrogen-bond donors (Lipinski definition) is 2. The van der Waals surface area contributed by atoms with Gasteiger partial charge in [-0.2, -0.15) is 0 Å². The summed E-state index contributed by atoms with van der Waals surface area (Å²) >= 11 is 0. The zero-order valence-electron chi connectivity index (χ0n) is 17.0. The summed E-state index contributed by atoms with van der Waals surface area (Å²) in [5.41, 5.74) is 8.86. The summed E-state index contributed by atoms with van der Waals surface area (Å²) in [6.45, 7) is 6.44. The molecule has 0 bridgehead atoms. The number of carbonyl (C=O) groups excluding carboxylic acids is 1. The second kappa shape index (κ2) is 9.51. The standard InChI is InChI=1S/C21H31N3O4.ClH/c1-14-2-3-16-17(20(14)25)12-18(28-19(16)13-22)15-4-6-23(7-5-15)21(26)24-8-10-27-11-9-24;/h2-3,15,18-19,25H,4-13,22H2,1H3;1H/t18-,19-;/m0./s1. The van der Waals surface area contributed by atoms with E-state index in [1.54, 1.807) is 0 Å². The molecule has 0 radical (unpaired) electrons. The number of morpholine rings is 1. The number of nitrogens with zero attached hydrogens (tertiary/aromatic N) is 2. The first-order valence-electron chi connectivity index (χ1n) is 10.4. The van der Waals surface area contributed by atoms with Crippen LogP contribution < -0.4 is 5.73 Å². The highest BCUT2D eigenvalue weighted by atomic mass is 35.5.